The number of hydrogen-bond donors (Lipinski definition) is 0. The topological polar surface area (TPSA) is 63.9 Å². The monoisotopic (exact) mass is 395 g/mol. The minimum atomic E-state index is -0.888. The van der Waals surface area contributed by atoms with Crippen LogP contribution in [-0.2, 0) is 20.7 Å². The van der Waals surface area contributed by atoms with E-state index < -0.39 is 12.1 Å². The van der Waals surface area contributed by atoms with Crippen molar-refractivity contribution < 1.29 is 14.3 Å². The van der Waals surface area contributed by atoms with Gasteiger partial charge in [-0.05, 0) is 43.2 Å². The first-order chi connectivity index (χ1) is 13.5. The maximum absolute atomic E-state index is 12.7. The third-order valence-corrected chi connectivity index (χ3v) is 4.97. The number of ether oxygens (including phenoxy) is 1. The number of carbonyl (C=O) groups is 2. The molecule has 0 saturated heterocycles. The molecule has 0 bridgehead atoms. The van der Waals surface area contributed by atoms with Crippen LogP contribution < -0.4 is 4.90 Å². The zero-order valence-corrected chi connectivity index (χ0v) is 16.0. The number of para-hydroxylation sites is 1. The zero-order chi connectivity index (χ0) is 19.7. The van der Waals surface area contributed by atoms with Crippen LogP contribution in [-0.4, -0.2) is 33.9 Å². The van der Waals surface area contributed by atoms with E-state index in [-0.39, 0.29) is 11.1 Å². The van der Waals surface area contributed by atoms with Crippen molar-refractivity contribution in [1.82, 2.24) is 9.38 Å². The number of rotatable bonds is 4. The Hall–Kier alpha value is -3.12. The van der Waals surface area contributed by atoms with Gasteiger partial charge in [0, 0.05) is 24.5 Å². The number of benzene rings is 1. The predicted octanol–water partition coefficient (Wildman–Crippen LogP) is 3.52. The predicted molar refractivity (Wildman–Crippen MR) is 107 cm³/mol. The molecule has 0 saturated carbocycles. The molecule has 28 heavy (non-hydrogen) atoms. The van der Waals surface area contributed by atoms with Gasteiger partial charge in [-0.3, -0.25) is 9.20 Å². The Labute approximate surface area is 167 Å². The van der Waals surface area contributed by atoms with E-state index in [2.05, 4.69) is 4.98 Å². The van der Waals surface area contributed by atoms with Crippen LogP contribution in [0.5, 0.6) is 0 Å². The van der Waals surface area contributed by atoms with Crippen LogP contribution in [0.2, 0.25) is 5.15 Å². The molecular formula is C21H18ClN3O3. The fourth-order valence-corrected chi connectivity index (χ4v) is 3.57. The maximum Gasteiger partial charge on any atom is 0.331 e. The number of carbonyl (C=O) groups excluding carboxylic acids is 2. The summed E-state index contributed by atoms with van der Waals surface area (Å²) in [5, 5.41) is 0.285. The fourth-order valence-electron chi connectivity index (χ4n) is 3.33. The number of esters is 1. The molecule has 4 rings (SSSR count). The molecule has 1 atom stereocenters. The second-order valence-corrected chi connectivity index (χ2v) is 6.86. The Morgan fingerprint density at radius 1 is 1.21 bits per heavy atom. The average molecular weight is 396 g/mol. The number of pyridine rings is 1. The standard InChI is InChI=1S/C21H18ClN3O3/c1-14(21(27)25-13-11-15-6-2-3-7-16(15)25)28-19(26)10-9-17-20(22)23-18-8-4-5-12-24(17)18/h2-10,12,14H,11,13H2,1H3/b10-9+/t14-/m0/s1. The van der Waals surface area contributed by atoms with Crippen LogP contribution in [0.1, 0.15) is 18.2 Å². The molecule has 3 heterocycles. The third-order valence-electron chi connectivity index (χ3n) is 4.69. The molecule has 1 aromatic carbocycles. The molecule has 1 aliphatic heterocycles. The highest BCUT2D eigenvalue weighted by Crippen LogP contribution is 2.28. The van der Waals surface area contributed by atoms with Gasteiger partial charge in [0.05, 0.1) is 5.69 Å². The van der Waals surface area contributed by atoms with Crippen molar-refractivity contribution in [2.45, 2.75) is 19.4 Å². The first-order valence-corrected chi connectivity index (χ1v) is 9.33. The number of nitrogens with zero attached hydrogens (tertiary/aromatic N) is 3. The minimum Gasteiger partial charge on any atom is -0.449 e. The van der Waals surface area contributed by atoms with Crippen molar-refractivity contribution in [3.8, 4) is 0 Å². The van der Waals surface area contributed by atoms with Crippen molar-refractivity contribution in [3.05, 3.63) is 71.1 Å². The number of halogens is 1. The van der Waals surface area contributed by atoms with E-state index in [0.29, 0.717) is 17.9 Å². The van der Waals surface area contributed by atoms with Crippen LogP contribution in [0.25, 0.3) is 11.7 Å². The molecule has 0 spiro atoms. The molecule has 142 valence electrons. The Morgan fingerprint density at radius 3 is 2.86 bits per heavy atom. The quantitative estimate of drug-likeness (QED) is 0.501. The van der Waals surface area contributed by atoms with Crippen LogP contribution in [0.4, 0.5) is 5.69 Å². The molecule has 1 aliphatic rings. The van der Waals surface area contributed by atoms with E-state index in [9.17, 15) is 9.59 Å². The van der Waals surface area contributed by atoms with E-state index in [1.54, 1.807) is 22.4 Å². The lowest BCUT2D eigenvalue weighted by Crippen LogP contribution is -2.38. The largest absolute Gasteiger partial charge is 0.449 e. The number of anilines is 1. The van der Waals surface area contributed by atoms with Crippen molar-refractivity contribution in [2.75, 3.05) is 11.4 Å². The highest BCUT2D eigenvalue weighted by Gasteiger charge is 2.29. The molecule has 0 radical (unpaired) electrons. The van der Waals surface area contributed by atoms with E-state index >= 15 is 0 Å². The zero-order valence-electron chi connectivity index (χ0n) is 15.2. The molecular weight excluding hydrogens is 378 g/mol. The van der Waals surface area contributed by atoms with Gasteiger partial charge >= 0.3 is 5.97 Å². The average Bonchev–Trinajstić information content (AvgIpc) is 3.26. The van der Waals surface area contributed by atoms with Crippen LogP contribution in [0.3, 0.4) is 0 Å². The SMILES string of the molecule is C[C@H](OC(=O)/C=C/c1c(Cl)nc2ccccn12)C(=O)N1CCc2ccccc21. The van der Waals surface area contributed by atoms with Gasteiger partial charge in [0.2, 0.25) is 0 Å². The number of amides is 1. The molecule has 0 N–H and O–H groups in total. The Bertz CT molecular complexity index is 1090. The summed E-state index contributed by atoms with van der Waals surface area (Å²) in [5.74, 6) is -0.852. The highest BCUT2D eigenvalue weighted by atomic mass is 35.5. The van der Waals surface area contributed by atoms with Gasteiger partial charge in [-0.2, -0.15) is 0 Å². The molecule has 0 fully saturated rings. The lowest BCUT2D eigenvalue weighted by atomic mass is 10.2. The fraction of sp³-hybridized carbons (Fsp3) is 0.190. The Balaban J connectivity index is 1.44. The Morgan fingerprint density at radius 2 is 2.00 bits per heavy atom. The van der Waals surface area contributed by atoms with Gasteiger partial charge in [-0.1, -0.05) is 35.9 Å². The van der Waals surface area contributed by atoms with Crippen LogP contribution in [0, 0.1) is 0 Å². The van der Waals surface area contributed by atoms with E-state index in [1.165, 1.54) is 12.2 Å². The van der Waals surface area contributed by atoms with Gasteiger partial charge < -0.3 is 9.64 Å². The number of imidazole rings is 1. The second kappa shape index (κ2) is 7.48. The lowest BCUT2D eigenvalue weighted by Gasteiger charge is -2.21. The van der Waals surface area contributed by atoms with Gasteiger partial charge in [0.15, 0.2) is 11.3 Å². The molecule has 0 unspecified atom stereocenters. The highest BCUT2D eigenvalue weighted by molar-refractivity contribution is 6.31. The normalized spacial score (nSPS) is 14.4. The van der Waals surface area contributed by atoms with Crippen molar-refractivity contribution >= 4 is 40.9 Å². The summed E-state index contributed by atoms with van der Waals surface area (Å²) >= 11 is 6.15. The summed E-state index contributed by atoms with van der Waals surface area (Å²) < 4.78 is 7.07. The van der Waals surface area contributed by atoms with Crippen LogP contribution >= 0.6 is 11.6 Å². The molecule has 6 nitrogen and oxygen atoms in total. The van der Waals surface area contributed by atoms with Crippen molar-refractivity contribution in [3.63, 3.8) is 0 Å². The number of aromatic nitrogens is 2. The molecule has 7 heteroatoms. The van der Waals surface area contributed by atoms with E-state index in [4.69, 9.17) is 16.3 Å². The summed E-state index contributed by atoms with van der Waals surface area (Å²) in [4.78, 5) is 30.8. The van der Waals surface area contributed by atoms with Gasteiger partial charge in [-0.25, -0.2) is 9.78 Å². The van der Waals surface area contributed by atoms with Crippen molar-refractivity contribution in [1.29, 1.82) is 0 Å². The smallest absolute Gasteiger partial charge is 0.331 e. The molecule has 0 aliphatic carbocycles. The minimum absolute atomic E-state index is 0.237. The van der Waals surface area contributed by atoms with Crippen LogP contribution in [0.15, 0.2) is 54.7 Å². The number of fused-ring (bicyclic) bond motifs is 2. The molecule has 2 aromatic heterocycles. The summed E-state index contributed by atoms with van der Waals surface area (Å²) in [6.45, 7) is 2.17. The van der Waals surface area contributed by atoms with Gasteiger partial charge in [0.1, 0.15) is 5.65 Å². The summed E-state index contributed by atoms with van der Waals surface area (Å²) in [6.07, 6.45) is 4.50. The third kappa shape index (κ3) is 3.39. The van der Waals surface area contributed by atoms with Gasteiger partial charge in [0.25, 0.3) is 5.91 Å². The number of hydrogen-bond acceptors (Lipinski definition) is 4. The molecule has 3 aromatic rings. The first kappa shape index (κ1) is 18.3. The summed E-state index contributed by atoms with van der Waals surface area (Å²) in [7, 11) is 0. The maximum atomic E-state index is 12.7. The van der Waals surface area contributed by atoms with E-state index in [1.807, 2.05) is 42.5 Å². The van der Waals surface area contributed by atoms with Gasteiger partial charge in [-0.15, -0.1) is 0 Å². The second-order valence-electron chi connectivity index (χ2n) is 6.50. The summed E-state index contributed by atoms with van der Waals surface area (Å²) in [6, 6.07) is 13.3. The summed E-state index contributed by atoms with van der Waals surface area (Å²) in [5.41, 5.74) is 3.25. The first-order valence-electron chi connectivity index (χ1n) is 8.95. The van der Waals surface area contributed by atoms with E-state index in [0.717, 1.165) is 17.7 Å². The Kier molecular flexibility index (Phi) is 4.88. The van der Waals surface area contributed by atoms with Crippen molar-refractivity contribution in [2.24, 2.45) is 0 Å². The molecule has 1 amide bonds. The lowest BCUT2D eigenvalue weighted by molar-refractivity contribution is -0.149.